The monoisotopic (exact) mass is 219 g/mol. The minimum Gasteiger partial charge on any atom is -0.516 e. The van der Waals surface area contributed by atoms with Crippen molar-refractivity contribution in [2.45, 2.75) is 10.6 Å². The average molecular weight is 219 g/mol. The van der Waals surface area contributed by atoms with Gasteiger partial charge in [0.05, 0.1) is 6.26 Å². The fourth-order valence-electron chi connectivity index (χ4n) is 0.903. The summed E-state index contributed by atoms with van der Waals surface area (Å²) in [5.41, 5.74) is 0.609. The van der Waals surface area contributed by atoms with Crippen molar-refractivity contribution in [2.75, 3.05) is 0 Å². The van der Waals surface area contributed by atoms with Crippen molar-refractivity contribution in [1.82, 2.24) is 0 Å². The molecule has 0 unspecified atom stereocenters. The number of primary sulfonamides is 1. The van der Waals surface area contributed by atoms with Crippen LogP contribution in [0.5, 0.6) is 0 Å². The van der Waals surface area contributed by atoms with Crippen LogP contribution in [0, 0.1) is 0 Å². The molecule has 0 aliphatic rings. The Kier molecular flexibility index (Phi) is 3.07. The molecular formula is C7H9NO3S2. The zero-order valence-electron chi connectivity index (χ0n) is 6.67. The third-order valence-corrected chi connectivity index (χ3v) is 3.92. The van der Waals surface area contributed by atoms with E-state index in [-0.39, 0.29) is 4.21 Å². The lowest BCUT2D eigenvalue weighted by Gasteiger charge is -1.96. The predicted molar refractivity (Wildman–Crippen MR) is 51.2 cm³/mol. The maximum absolute atomic E-state index is 11.0. The minimum atomic E-state index is -3.62. The first-order valence-electron chi connectivity index (χ1n) is 3.44. The van der Waals surface area contributed by atoms with E-state index in [0.29, 0.717) is 12.0 Å². The smallest absolute Gasteiger partial charge is 0.247 e. The van der Waals surface area contributed by atoms with Gasteiger partial charge in [0, 0.05) is 0 Å². The van der Waals surface area contributed by atoms with Crippen molar-refractivity contribution in [3.05, 3.63) is 29.3 Å². The second-order valence-electron chi connectivity index (χ2n) is 2.37. The van der Waals surface area contributed by atoms with Crippen LogP contribution in [0.15, 0.2) is 28.0 Å². The number of hydrogen-bond acceptors (Lipinski definition) is 4. The fraction of sp³-hybridized carbons (Fsp3) is 0.143. The number of thiophene rings is 1. The molecule has 0 aliphatic carbocycles. The molecule has 0 amide bonds. The summed E-state index contributed by atoms with van der Waals surface area (Å²) in [4.78, 5) is 0. The molecule has 4 nitrogen and oxygen atoms in total. The number of aliphatic hydroxyl groups excluding tert-OH is 1. The van der Waals surface area contributed by atoms with Crippen molar-refractivity contribution in [3.8, 4) is 0 Å². The van der Waals surface area contributed by atoms with Crippen LogP contribution < -0.4 is 5.14 Å². The predicted octanol–water partition coefficient (Wildman–Crippen LogP) is 1.01. The molecule has 0 saturated heterocycles. The first kappa shape index (κ1) is 10.2. The molecule has 1 aromatic rings. The maximum atomic E-state index is 11.0. The van der Waals surface area contributed by atoms with Gasteiger partial charge in [0.15, 0.2) is 0 Å². The summed E-state index contributed by atoms with van der Waals surface area (Å²) >= 11 is 1.08. The summed E-state index contributed by atoms with van der Waals surface area (Å²) in [5, 5.41) is 15.0. The summed E-state index contributed by atoms with van der Waals surface area (Å²) in [6.07, 6.45) is 2.70. The van der Waals surface area contributed by atoms with Crippen LogP contribution >= 0.6 is 11.3 Å². The number of hydrogen-bond donors (Lipinski definition) is 2. The van der Waals surface area contributed by atoms with Gasteiger partial charge in [-0.15, -0.1) is 11.3 Å². The molecular weight excluding hydrogens is 210 g/mol. The molecule has 6 heteroatoms. The van der Waals surface area contributed by atoms with Crippen molar-refractivity contribution < 1.29 is 13.5 Å². The Hall–Kier alpha value is -0.850. The van der Waals surface area contributed by atoms with E-state index in [4.69, 9.17) is 10.2 Å². The zero-order chi connectivity index (χ0) is 9.90. The Bertz CT molecular complexity index is 405. The lowest BCUT2D eigenvalue weighted by Crippen LogP contribution is -2.12. The van der Waals surface area contributed by atoms with E-state index in [0.717, 1.165) is 17.6 Å². The third-order valence-electron chi connectivity index (χ3n) is 1.41. The van der Waals surface area contributed by atoms with Gasteiger partial charge < -0.3 is 5.11 Å². The second-order valence-corrected chi connectivity index (χ2v) is 5.04. The van der Waals surface area contributed by atoms with E-state index in [1.807, 2.05) is 0 Å². The quantitative estimate of drug-likeness (QED) is 0.744. The number of sulfonamides is 1. The molecule has 72 valence electrons. The van der Waals surface area contributed by atoms with Crippen molar-refractivity contribution in [1.29, 1.82) is 0 Å². The van der Waals surface area contributed by atoms with Crippen molar-refractivity contribution in [2.24, 2.45) is 5.14 Å². The lowest BCUT2D eigenvalue weighted by atomic mass is 10.2. The van der Waals surface area contributed by atoms with E-state index in [1.54, 1.807) is 11.4 Å². The van der Waals surface area contributed by atoms with Gasteiger partial charge in [0.2, 0.25) is 10.0 Å². The molecule has 0 bridgehead atoms. The second kappa shape index (κ2) is 3.91. The van der Waals surface area contributed by atoms with Gasteiger partial charge in [0.25, 0.3) is 0 Å². The highest BCUT2D eigenvalue weighted by molar-refractivity contribution is 7.91. The number of rotatable bonds is 3. The van der Waals surface area contributed by atoms with Crippen LogP contribution in [0.25, 0.3) is 0 Å². The molecule has 0 saturated carbocycles. The molecule has 0 aliphatic heterocycles. The largest absolute Gasteiger partial charge is 0.516 e. The van der Waals surface area contributed by atoms with Gasteiger partial charge in [-0.3, -0.25) is 0 Å². The Morgan fingerprint density at radius 3 is 2.85 bits per heavy atom. The van der Waals surface area contributed by atoms with Gasteiger partial charge in [-0.25, -0.2) is 13.6 Å². The van der Waals surface area contributed by atoms with Crippen molar-refractivity contribution >= 4 is 21.4 Å². The number of aliphatic hydroxyl groups is 1. The molecule has 1 aromatic heterocycles. The molecule has 3 N–H and O–H groups in total. The van der Waals surface area contributed by atoms with Crippen LogP contribution in [-0.4, -0.2) is 13.5 Å². The summed E-state index contributed by atoms with van der Waals surface area (Å²) in [6, 6.07) is 1.67. The third kappa shape index (κ3) is 2.55. The van der Waals surface area contributed by atoms with Crippen LogP contribution in [0.4, 0.5) is 0 Å². The molecule has 0 fully saturated rings. The highest BCUT2D eigenvalue weighted by Crippen LogP contribution is 2.21. The normalized spacial score (nSPS) is 12.4. The molecule has 1 rings (SSSR count). The average Bonchev–Trinajstić information content (AvgIpc) is 2.47. The fourth-order valence-corrected chi connectivity index (χ4v) is 2.78. The highest BCUT2D eigenvalue weighted by Gasteiger charge is 2.13. The summed E-state index contributed by atoms with van der Waals surface area (Å²) in [7, 11) is -3.62. The Balaban J connectivity index is 3.03. The standard InChI is InChI=1S/C7H9NO3S2/c8-13(10,11)7-6(2-1-4-9)3-5-12-7/h1,3-5,9H,2H2,(H2,8,10,11). The molecule has 1 heterocycles. The summed E-state index contributed by atoms with van der Waals surface area (Å²) in [5.74, 6) is 0. The Morgan fingerprint density at radius 2 is 2.31 bits per heavy atom. The highest BCUT2D eigenvalue weighted by atomic mass is 32.2. The van der Waals surface area contributed by atoms with E-state index in [9.17, 15) is 8.42 Å². The molecule has 0 atom stereocenters. The van der Waals surface area contributed by atoms with Crippen molar-refractivity contribution in [3.63, 3.8) is 0 Å². The summed E-state index contributed by atoms with van der Waals surface area (Å²) in [6.45, 7) is 0. The van der Waals surface area contributed by atoms with E-state index in [1.165, 1.54) is 6.08 Å². The first-order valence-corrected chi connectivity index (χ1v) is 5.86. The van der Waals surface area contributed by atoms with Gasteiger partial charge >= 0.3 is 0 Å². The molecule has 0 aromatic carbocycles. The lowest BCUT2D eigenvalue weighted by molar-refractivity contribution is 0.471. The topological polar surface area (TPSA) is 80.4 Å². The van der Waals surface area contributed by atoms with E-state index in [2.05, 4.69) is 0 Å². The van der Waals surface area contributed by atoms with Crippen LogP contribution in [0.2, 0.25) is 0 Å². The minimum absolute atomic E-state index is 0.158. The van der Waals surface area contributed by atoms with E-state index >= 15 is 0 Å². The van der Waals surface area contributed by atoms with Gasteiger partial charge in [-0.05, 0) is 29.5 Å². The van der Waals surface area contributed by atoms with Crippen LogP contribution in [0.3, 0.4) is 0 Å². The molecule has 0 radical (unpaired) electrons. The van der Waals surface area contributed by atoms with Gasteiger partial charge in [0.1, 0.15) is 4.21 Å². The van der Waals surface area contributed by atoms with Gasteiger partial charge in [-0.2, -0.15) is 0 Å². The first-order chi connectivity index (χ1) is 6.05. The number of allylic oxidation sites excluding steroid dienone is 1. The Labute approximate surface area is 80.4 Å². The summed E-state index contributed by atoms with van der Waals surface area (Å²) < 4.78 is 22.1. The molecule has 13 heavy (non-hydrogen) atoms. The maximum Gasteiger partial charge on any atom is 0.247 e. The zero-order valence-corrected chi connectivity index (χ0v) is 8.31. The van der Waals surface area contributed by atoms with Gasteiger partial charge in [-0.1, -0.05) is 0 Å². The van der Waals surface area contributed by atoms with E-state index < -0.39 is 10.0 Å². The molecule has 0 spiro atoms. The van der Waals surface area contributed by atoms with Crippen LogP contribution in [0.1, 0.15) is 5.56 Å². The SMILES string of the molecule is NS(=O)(=O)c1sccc1CC=CO. The Morgan fingerprint density at radius 1 is 1.62 bits per heavy atom. The van der Waals surface area contributed by atoms with Crippen LogP contribution in [-0.2, 0) is 16.4 Å². The number of nitrogens with two attached hydrogens (primary N) is 1.